The standard InChI is InChI=1S/C23H29N3O2/c1-18-7-5-8-20(15-18)16-24-22(27)13-12-19-9-6-14-26(17-19)23(28)25-21-10-3-2-4-11-21/h2-5,7-8,10-11,15,19H,6,9,12-14,16-17H2,1H3,(H,24,27)(H,25,28). The molecule has 5 nitrogen and oxygen atoms in total. The number of amides is 3. The first kappa shape index (κ1) is 19.9. The highest BCUT2D eigenvalue weighted by atomic mass is 16.2. The monoisotopic (exact) mass is 379 g/mol. The number of piperidine rings is 1. The van der Waals surface area contributed by atoms with Crippen LogP contribution < -0.4 is 10.6 Å². The molecule has 1 saturated heterocycles. The van der Waals surface area contributed by atoms with Crippen molar-refractivity contribution in [3.05, 3.63) is 65.7 Å². The number of likely N-dealkylation sites (tertiary alicyclic amines) is 1. The predicted molar refractivity (Wildman–Crippen MR) is 112 cm³/mol. The number of nitrogens with one attached hydrogen (secondary N) is 2. The van der Waals surface area contributed by atoms with Gasteiger partial charge in [0.05, 0.1) is 0 Å². The molecule has 0 aromatic heterocycles. The summed E-state index contributed by atoms with van der Waals surface area (Å²) in [6, 6.07) is 17.6. The molecule has 3 amide bonds. The molecule has 2 aromatic carbocycles. The fourth-order valence-corrected chi connectivity index (χ4v) is 3.66. The van der Waals surface area contributed by atoms with E-state index in [1.54, 1.807) is 0 Å². The molecule has 1 unspecified atom stereocenters. The van der Waals surface area contributed by atoms with E-state index in [1.165, 1.54) is 5.56 Å². The van der Waals surface area contributed by atoms with E-state index in [-0.39, 0.29) is 11.9 Å². The normalized spacial score (nSPS) is 16.5. The van der Waals surface area contributed by atoms with E-state index in [2.05, 4.69) is 16.7 Å². The molecule has 3 rings (SSSR count). The Morgan fingerprint density at radius 2 is 1.93 bits per heavy atom. The van der Waals surface area contributed by atoms with Crippen molar-refractivity contribution in [2.24, 2.45) is 5.92 Å². The predicted octanol–water partition coefficient (Wildman–Crippen LogP) is 4.34. The SMILES string of the molecule is Cc1cccc(CNC(=O)CCC2CCCN(C(=O)Nc3ccccc3)C2)c1. The molecule has 1 heterocycles. The molecule has 1 atom stereocenters. The van der Waals surface area contributed by atoms with Gasteiger partial charge in [-0.1, -0.05) is 48.0 Å². The van der Waals surface area contributed by atoms with E-state index >= 15 is 0 Å². The lowest BCUT2D eigenvalue weighted by molar-refractivity contribution is -0.121. The van der Waals surface area contributed by atoms with Gasteiger partial charge >= 0.3 is 6.03 Å². The first-order chi connectivity index (χ1) is 13.6. The zero-order valence-electron chi connectivity index (χ0n) is 16.5. The van der Waals surface area contributed by atoms with Gasteiger partial charge in [0.15, 0.2) is 0 Å². The van der Waals surface area contributed by atoms with Crippen molar-refractivity contribution in [3.8, 4) is 0 Å². The van der Waals surface area contributed by atoms with Crippen LogP contribution in [0.1, 0.15) is 36.8 Å². The maximum Gasteiger partial charge on any atom is 0.321 e. The summed E-state index contributed by atoms with van der Waals surface area (Å²) >= 11 is 0. The summed E-state index contributed by atoms with van der Waals surface area (Å²) in [7, 11) is 0. The molecule has 1 aliphatic rings. The third-order valence-electron chi connectivity index (χ3n) is 5.18. The maximum absolute atomic E-state index is 12.5. The highest BCUT2D eigenvalue weighted by Gasteiger charge is 2.24. The van der Waals surface area contributed by atoms with E-state index in [9.17, 15) is 9.59 Å². The molecule has 2 aromatic rings. The number of para-hydroxylation sites is 1. The molecule has 0 radical (unpaired) electrons. The Bertz CT molecular complexity index is 791. The summed E-state index contributed by atoms with van der Waals surface area (Å²) in [6.45, 7) is 4.10. The highest BCUT2D eigenvalue weighted by molar-refractivity contribution is 5.89. The second-order valence-corrected chi connectivity index (χ2v) is 7.55. The molecule has 2 N–H and O–H groups in total. The fraction of sp³-hybridized carbons (Fsp3) is 0.391. The van der Waals surface area contributed by atoms with Crippen LogP contribution in [-0.4, -0.2) is 29.9 Å². The van der Waals surface area contributed by atoms with Crippen LogP contribution in [0.5, 0.6) is 0 Å². The van der Waals surface area contributed by atoms with E-state index in [0.717, 1.165) is 37.1 Å². The van der Waals surface area contributed by atoms with Gasteiger partial charge in [0.25, 0.3) is 0 Å². The van der Waals surface area contributed by atoms with Gasteiger partial charge in [-0.15, -0.1) is 0 Å². The number of urea groups is 1. The van der Waals surface area contributed by atoms with Crippen LogP contribution in [0.4, 0.5) is 10.5 Å². The molecule has 0 bridgehead atoms. The Morgan fingerprint density at radius 3 is 2.71 bits per heavy atom. The topological polar surface area (TPSA) is 61.4 Å². The van der Waals surface area contributed by atoms with Crippen molar-refractivity contribution in [2.45, 2.75) is 39.2 Å². The number of carbonyl (C=O) groups is 2. The molecule has 1 aliphatic heterocycles. The number of carbonyl (C=O) groups excluding carboxylic acids is 2. The number of benzene rings is 2. The summed E-state index contributed by atoms with van der Waals surface area (Å²) in [6.07, 6.45) is 3.37. The smallest absolute Gasteiger partial charge is 0.321 e. The summed E-state index contributed by atoms with van der Waals surface area (Å²) in [5.41, 5.74) is 3.13. The van der Waals surface area contributed by atoms with Crippen molar-refractivity contribution in [2.75, 3.05) is 18.4 Å². The van der Waals surface area contributed by atoms with Gasteiger partial charge in [-0.3, -0.25) is 4.79 Å². The van der Waals surface area contributed by atoms with Crippen LogP contribution in [0.25, 0.3) is 0 Å². The maximum atomic E-state index is 12.5. The van der Waals surface area contributed by atoms with Gasteiger partial charge in [-0.2, -0.15) is 0 Å². The number of nitrogens with zero attached hydrogens (tertiary/aromatic N) is 1. The van der Waals surface area contributed by atoms with Crippen LogP contribution in [-0.2, 0) is 11.3 Å². The Balaban J connectivity index is 1.40. The van der Waals surface area contributed by atoms with Gasteiger partial charge in [0.1, 0.15) is 0 Å². The van der Waals surface area contributed by atoms with E-state index < -0.39 is 0 Å². The minimum Gasteiger partial charge on any atom is -0.352 e. The number of anilines is 1. The minimum atomic E-state index is -0.0557. The van der Waals surface area contributed by atoms with E-state index in [1.807, 2.05) is 60.4 Å². The van der Waals surface area contributed by atoms with Gasteiger partial charge in [-0.25, -0.2) is 4.79 Å². The molecule has 5 heteroatoms. The van der Waals surface area contributed by atoms with E-state index in [4.69, 9.17) is 0 Å². The average Bonchev–Trinajstić information content (AvgIpc) is 2.72. The van der Waals surface area contributed by atoms with Gasteiger partial charge < -0.3 is 15.5 Å². The number of rotatable bonds is 6. The molecular formula is C23H29N3O2. The number of aryl methyl sites for hydroxylation is 1. The van der Waals surface area contributed by atoms with Crippen LogP contribution in [0.15, 0.2) is 54.6 Å². The first-order valence-electron chi connectivity index (χ1n) is 10.0. The van der Waals surface area contributed by atoms with E-state index in [0.29, 0.717) is 25.4 Å². The van der Waals surface area contributed by atoms with Crippen LogP contribution in [0.3, 0.4) is 0 Å². The summed E-state index contributed by atoms with van der Waals surface area (Å²) < 4.78 is 0. The van der Waals surface area contributed by atoms with Crippen molar-refractivity contribution in [1.82, 2.24) is 10.2 Å². The average molecular weight is 380 g/mol. The van der Waals surface area contributed by atoms with Crippen LogP contribution in [0, 0.1) is 12.8 Å². The van der Waals surface area contributed by atoms with Crippen molar-refractivity contribution in [1.29, 1.82) is 0 Å². The first-order valence-corrected chi connectivity index (χ1v) is 10.0. The summed E-state index contributed by atoms with van der Waals surface area (Å²) in [4.78, 5) is 26.5. The van der Waals surface area contributed by atoms with Crippen molar-refractivity contribution < 1.29 is 9.59 Å². The van der Waals surface area contributed by atoms with Gasteiger partial charge in [0, 0.05) is 31.7 Å². The zero-order valence-corrected chi connectivity index (χ0v) is 16.5. The number of hydrogen-bond donors (Lipinski definition) is 2. The summed E-state index contributed by atoms with van der Waals surface area (Å²) in [5, 5.41) is 5.95. The lowest BCUT2D eigenvalue weighted by atomic mass is 9.93. The third-order valence-corrected chi connectivity index (χ3v) is 5.18. The minimum absolute atomic E-state index is 0.0557. The van der Waals surface area contributed by atoms with Crippen LogP contribution >= 0.6 is 0 Å². The molecule has 0 saturated carbocycles. The Kier molecular flexibility index (Phi) is 7.06. The van der Waals surface area contributed by atoms with Crippen molar-refractivity contribution in [3.63, 3.8) is 0 Å². The Labute approximate surface area is 167 Å². The molecule has 148 valence electrons. The Morgan fingerprint density at radius 1 is 1.11 bits per heavy atom. The Hall–Kier alpha value is -2.82. The quantitative estimate of drug-likeness (QED) is 0.784. The fourth-order valence-electron chi connectivity index (χ4n) is 3.66. The third kappa shape index (κ3) is 6.12. The molecule has 1 fully saturated rings. The highest BCUT2D eigenvalue weighted by Crippen LogP contribution is 2.22. The lowest BCUT2D eigenvalue weighted by Gasteiger charge is -2.32. The lowest BCUT2D eigenvalue weighted by Crippen LogP contribution is -2.42. The molecule has 0 aliphatic carbocycles. The van der Waals surface area contributed by atoms with Crippen LogP contribution in [0.2, 0.25) is 0 Å². The van der Waals surface area contributed by atoms with Crippen molar-refractivity contribution >= 4 is 17.6 Å². The number of hydrogen-bond acceptors (Lipinski definition) is 2. The van der Waals surface area contributed by atoms with Gasteiger partial charge in [0.2, 0.25) is 5.91 Å². The largest absolute Gasteiger partial charge is 0.352 e. The second-order valence-electron chi connectivity index (χ2n) is 7.55. The summed E-state index contributed by atoms with van der Waals surface area (Å²) in [5.74, 6) is 0.451. The zero-order chi connectivity index (χ0) is 19.8. The second kappa shape index (κ2) is 9.93. The molecular weight excluding hydrogens is 350 g/mol. The van der Waals surface area contributed by atoms with Gasteiger partial charge in [-0.05, 0) is 49.8 Å². The molecule has 28 heavy (non-hydrogen) atoms. The molecule has 0 spiro atoms.